The third kappa shape index (κ3) is 4.83. The Morgan fingerprint density at radius 2 is 2.10 bits per heavy atom. The third-order valence-electron chi connectivity index (χ3n) is 7.57. The Hall–Kier alpha value is -4.18. The molecule has 0 saturated carbocycles. The van der Waals surface area contributed by atoms with Crippen LogP contribution in [0.4, 0.5) is 11.5 Å². The van der Waals surface area contributed by atoms with Crippen LogP contribution in [-0.2, 0) is 7.05 Å². The van der Waals surface area contributed by atoms with E-state index in [0.717, 1.165) is 63.7 Å². The molecule has 4 heterocycles. The maximum absolute atomic E-state index is 13.2. The number of nitrogens with zero attached hydrogens (tertiary/aromatic N) is 3. The summed E-state index contributed by atoms with van der Waals surface area (Å²) < 4.78 is 8.68. The fraction of sp³-hybridized carbons (Fsp3) is 0.226. The molecule has 1 aliphatic rings. The number of nitrogen functional groups attached to an aromatic ring is 1. The molecule has 1 fully saturated rings. The summed E-state index contributed by atoms with van der Waals surface area (Å²) in [5.74, 6) is 0.850. The number of amides is 1. The molecule has 1 saturated heterocycles. The number of likely N-dealkylation sites (tertiary alicyclic amines) is 1. The van der Waals surface area contributed by atoms with Gasteiger partial charge in [0.1, 0.15) is 17.3 Å². The number of carbonyl (C=O) groups excluding carboxylic acids is 1. The van der Waals surface area contributed by atoms with Crippen molar-refractivity contribution in [2.45, 2.75) is 12.5 Å². The molecule has 40 heavy (non-hydrogen) atoms. The van der Waals surface area contributed by atoms with E-state index in [4.69, 9.17) is 16.2 Å². The molecule has 0 aliphatic carbocycles. The highest BCUT2D eigenvalue weighted by atomic mass is 32.1. The molecule has 5 N–H and O–H groups in total. The molecular formula is C31H32N6O2S. The highest BCUT2D eigenvalue weighted by molar-refractivity contribution is 7.18. The van der Waals surface area contributed by atoms with Crippen molar-refractivity contribution in [3.8, 4) is 16.9 Å². The molecular weight excluding hydrogens is 520 g/mol. The monoisotopic (exact) mass is 552 g/mol. The van der Waals surface area contributed by atoms with Crippen LogP contribution in [0.1, 0.15) is 22.5 Å². The number of rotatable bonds is 7. The first-order valence-electron chi connectivity index (χ1n) is 13.3. The average molecular weight is 553 g/mol. The molecule has 5 aromatic rings. The Balaban J connectivity index is 1.27. The summed E-state index contributed by atoms with van der Waals surface area (Å²) in [7, 11) is 3.49. The quantitative estimate of drug-likeness (QED) is 0.251. The topological polar surface area (TPSA) is 111 Å². The lowest BCUT2D eigenvalue weighted by atomic mass is 10.0. The second-order valence-electron chi connectivity index (χ2n) is 10.2. The van der Waals surface area contributed by atoms with Gasteiger partial charge in [0.15, 0.2) is 0 Å². The van der Waals surface area contributed by atoms with E-state index in [1.54, 1.807) is 18.4 Å². The second kappa shape index (κ2) is 10.8. The van der Waals surface area contributed by atoms with Crippen LogP contribution in [0.2, 0.25) is 0 Å². The van der Waals surface area contributed by atoms with Crippen molar-refractivity contribution in [1.29, 1.82) is 0 Å². The van der Waals surface area contributed by atoms with Crippen molar-refractivity contribution in [3.63, 3.8) is 0 Å². The number of para-hydroxylation sites is 1. The average Bonchev–Trinajstić information content (AvgIpc) is 3.68. The number of thiophene rings is 1. The van der Waals surface area contributed by atoms with Crippen LogP contribution in [0.5, 0.6) is 5.75 Å². The van der Waals surface area contributed by atoms with Crippen LogP contribution in [0, 0.1) is 0 Å². The molecule has 3 aromatic heterocycles. The van der Waals surface area contributed by atoms with Crippen molar-refractivity contribution < 1.29 is 9.53 Å². The van der Waals surface area contributed by atoms with Gasteiger partial charge < -0.3 is 26.1 Å². The number of nitrogens with two attached hydrogens (primary N) is 2. The van der Waals surface area contributed by atoms with Crippen molar-refractivity contribution in [2.24, 2.45) is 12.8 Å². The van der Waals surface area contributed by atoms with Crippen LogP contribution < -0.4 is 21.5 Å². The van der Waals surface area contributed by atoms with Gasteiger partial charge in [-0.15, -0.1) is 11.3 Å². The predicted molar refractivity (Wildman–Crippen MR) is 165 cm³/mol. The van der Waals surface area contributed by atoms with Gasteiger partial charge in [0.05, 0.1) is 12.8 Å². The highest BCUT2D eigenvalue weighted by Gasteiger charge is 2.19. The Bertz CT molecular complexity index is 1750. The standard InChI is InChI=1S/C31H32N6O2S/c1-36-25-8-4-3-6-20(25)14-26(36)31(38)35-24-10-9-19(15-27(24)39-2)23-18-40-29-21(16-34-30(33)28(23)29)7-5-12-37-13-11-22(32)17-37/h3-10,14-16,18,22H,11-13,17,32H2,1-2H3,(H2,33,34)(H,35,38)/b7-5+. The van der Waals surface area contributed by atoms with E-state index in [1.807, 2.05) is 66.3 Å². The molecule has 204 valence electrons. The van der Waals surface area contributed by atoms with E-state index >= 15 is 0 Å². The van der Waals surface area contributed by atoms with Gasteiger partial charge in [0.2, 0.25) is 0 Å². The summed E-state index contributed by atoms with van der Waals surface area (Å²) in [5.41, 5.74) is 17.5. The molecule has 1 atom stereocenters. The van der Waals surface area contributed by atoms with E-state index in [9.17, 15) is 4.79 Å². The van der Waals surface area contributed by atoms with Gasteiger partial charge in [-0.3, -0.25) is 9.69 Å². The fourth-order valence-corrected chi connectivity index (χ4v) is 6.51. The van der Waals surface area contributed by atoms with E-state index in [-0.39, 0.29) is 11.9 Å². The summed E-state index contributed by atoms with van der Waals surface area (Å²) in [4.78, 5) is 20.1. The number of ether oxygens (including phenoxy) is 1. The van der Waals surface area contributed by atoms with Crippen LogP contribution in [0.15, 0.2) is 66.2 Å². The maximum atomic E-state index is 13.2. The van der Waals surface area contributed by atoms with E-state index in [2.05, 4.69) is 32.7 Å². The molecule has 0 radical (unpaired) electrons. The highest BCUT2D eigenvalue weighted by Crippen LogP contribution is 2.41. The summed E-state index contributed by atoms with van der Waals surface area (Å²) in [6.07, 6.45) is 7.16. The number of nitrogens with one attached hydrogen (secondary N) is 1. The van der Waals surface area contributed by atoms with Gasteiger partial charge in [-0.05, 0) is 41.6 Å². The van der Waals surface area contributed by atoms with E-state index < -0.39 is 0 Å². The van der Waals surface area contributed by atoms with Crippen molar-refractivity contribution >= 4 is 55.8 Å². The van der Waals surface area contributed by atoms with Gasteiger partial charge in [0.25, 0.3) is 5.91 Å². The summed E-state index contributed by atoms with van der Waals surface area (Å²) in [6.45, 7) is 2.83. The molecule has 9 heteroatoms. The van der Waals surface area contributed by atoms with Crippen LogP contribution >= 0.6 is 11.3 Å². The zero-order chi connectivity index (χ0) is 27.8. The first kappa shape index (κ1) is 26.1. The van der Waals surface area contributed by atoms with Crippen LogP contribution in [0.25, 0.3) is 38.2 Å². The molecule has 0 spiro atoms. The predicted octanol–water partition coefficient (Wildman–Crippen LogP) is 5.34. The van der Waals surface area contributed by atoms with E-state index in [1.165, 1.54) is 0 Å². The minimum absolute atomic E-state index is 0.202. The number of aromatic nitrogens is 2. The zero-order valence-corrected chi connectivity index (χ0v) is 23.4. The second-order valence-corrected chi connectivity index (χ2v) is 11.1. The lowest BCUT2D eigenvalue weighted by Gasteiger charge is -2.13. The Morgan fingerprint density at radius 3 is 2.88 bits per heavy atom. The molecule has 1 amide bonds. The van der Waals surface area contributed by atoms with Gasteiger partial charge in [-0.1, -0.05) is 36.4 Å². The lowest BCUT2D eigenvalue weighted by molar-refractivity contribution is 0.101. The Labute approximate surface area is 236 Å². The number of methoxy groups -OCH3 is 1. The minimum atomic E-state index is -0.202. The van der Waals surface area contributed by atoms with Crippen LogP contribution in [0.3, 0.4) is 0 Å². The number of aryl methyl sites for hydroxylation is 1. The molecule has 1 aliphatic heterocycles. The molecule has 8 nitrogen and oxygen atoms in total. The van der Waals surface area contributed by atoms with Crippen molar-refractivity contribution in [1.82, 2.24) is 14.5 Å². The molecule has 0 bridgehead atoms. The molecule has 6 rings (SSSR count). The Kier molecular flexibility index (Phi) is 7.02. The van der Waals surface area contributed by atoms with Crippen molar-refractivity contribution in [3.05, 3.63) is 77.4 Å². The number of hydrogen-bond donors (Lipinski definition) is 3. The maximum Gasteiger partial charge on any atom is 0.272 e. The van der Waals surface area contributed by atoms with Gasteiger partial charge in [-0.2, -0.15) is 0 Å². The van der Waals surface area contributed by atoms with E-state index in [0.29, 0.717) is 22.9 Å². The SMILES string of the molecule is COc1cc(-c2csc3c(/C=C/CN4CCC(N)C4)cnc(N)c23)ccc1NC(=O)c1cc2ccccc2n1C. The number of carbonyl (C=O) groups is 1. The molecule has 1 unspecified atom stereocenters. The lowest BCUT2D eigenvalue weighted by Crippen LogP contribution is -2.26. The smallest absolute Gasteiger partial charge is 0.272 e. The number of hydrogen-bond acceptors (Lipinski definition) is 7. The number of pyridine rings is 1. The number of anilines is 2. The molecule has 2 aromatic carbocycles. The minimum Gasteiger partial charge on any atom is -0.495 e. The Morgan fingerprint density at radius 1 is 1.25 bits per heavy atom. The number of benzene rings is 2. The van der Waals surface area contributed by atoms with Gasteiger partial charge >= 0.3 is 0 Å². The third-order valence-corrected chi connectivity index (χ3v) is 8.60. The zero-order valence-electron chi connectivity index (χ0n) is 22.6. The largest absolute Gasteiger partial charge is 0.495 e. The van der Waals surface area contributed by atoms with Gasteiger partial charge in [0, 0.05) is 71.0 Å². The summed E-state index contributed by atoms with van der Waals surface area (Å²) >= 11 is 1.64. The van der Waals surface area contributed by atoms with Crippen LogP contribution in [-0.4, -0.2) is 53.1 Å². The number of fused-ring (bicyclic) bond motifs is 2. The van der Waals surface area contributed by atoms with Crippen molar-refractivity contribution in [2.75, 3.05) is 37.8 Å². The summed E-state index contributed by atoms with van der Waals surface area (Å²) in [6, 6.07) is 15.9. The first-order chi connectivity index (χ1) is 19.4. The summed E-state index contributed by atoms with van der Waals surface area (Å²) in [5, 5.41) is 7.05. The fourth-order valence-electron chi connectivity index (χ4n) is 5.43. The normalized spacial score (nSPS) is 15.9. The first-order valence-corrected chi connectivity index (χ1v) is 14.1. The van der Waals surface area contributed by atoms with Gasteiger partial charge in [-0.25, -0.2) is 4.98 Å².